The van der Waals surface area contributed by atoms with Gasteiger partial charge in [0, 0.05) is 25.4 Å². The zero-order valence-corrected chi connectivity index (χ0v) is 12.0. The summed E-state index contributed by atoms with van der Waals surface area (Å²) < 4.78 is 1.92. The van der Waals surface area contributed by atoms with E-state index >= 15 is 0 Å². The molecule has 0 amide bonds. The molecule has 13 heavy (non-hydrogen) atoms. The van der Waals surface area contributed by atoms with Crippen LogP contribution in [0.2, 0.25) is 0 Å². The molecule has 1 N–H and O–H groups in total. The van der Waals surface area contributed by atoms with Gasteiger partial charge in [0.2, 0.25) is 0 Å². The molecule has 0 bridgehead atoms. The van der Waals surface area contributed by atoms with Gasteiger partial charge in [-0.1, -0.05) is 47.8 Å². The molecule has 0 fully saturated rings. The molecule has 0 aliphatic heterocycles. The van der Waals surface area contributed by atoms with Crippen LogP contribution in [0.3, 0.4) is 0 Å². The van der Waals surface area contributed by atoms with Crippen LogP contribution in [0.1, 0.15) is 16.7 Å². The molecule has 0 unspecified atom stereocenters. The molecule has 72 valence electrons. The van der Waals surface area contributed by atoms with Crippen molar-refractivity contribution in [1.82, 2.24) is 0 Å². The summed E-state index contributed by atoms with van der Waals surface area (Å²) in [7, 11) is 0. The Morgan fingerprint density at radius 2 is 1.62 bits per heavy atom. The average molecular weight is 373 g/mol. The van der Waals surface area contributed by atoms with Crippen molar-refractivity contribution in [2.45, 2.75) is 19.2 Å². The summed E-state index contributed by atoms with van der Waals surface area (Å²) in [6.07, 6.45) is 0. The average Bonchev–Trinajstić information content (AvgIpc) is 2.13. The number of hydrogen-bond acceptors (Lipinski definition) is 1. The number of alkyl halides is 1. The van der Waals surface area contributed by atoms with Crippen LogP contribution in [0.25, 0.3) is 0 Å². The quantitative estimate of drug-likeness (QED) is 0.723. The maximum Gasteiger partial charge on any atom is 0.124 e. The summed E-state index contributed by atoms with van der Waals surface area (Å²) in [5, 5.41) is 10.4. The van der Waals surface area contributed by atoms with Crippen LogP contribution >= 0.6 is 47.8 Å². The number of hydrogen-bond donors (Lipinski definition) is 1. The molecule has 0 saturated carbocycles. The van der Waals surface area contributed by atoms with Crippen LogP contribution in [0.5, 0.6) is 5.75 Å². The highest BCUT2D eigenvalue weighted by Gasteiger charge is 2.14. The van der Waals surface area contributed by atoms with E-state index in [0.29, 0.717) is 11.1 Å². The molecule has 1 aromatic rings. The Kier molecular flexibility index (Phi) is 3.83. The van der Waals surface area contributed by atoms with Gasteiger partial charge in [-0.25, -0.2) is 0 Å². The van der Waals surface area contributed by atoms with Gasteiger partial charge < -0.3 is 5.11 Å². The summed E-state index contributed by atoms with van der Waals surface area (Å²) >= 11 is 10.2. The molecule has 0 saturated heterocycles. The third-order valence-electron chi connectivity index (χ3n) is 2.03. The van der Waals surface area contributed by atoms with Gasteiger partial charge in [-0.15, -0.1) is 0 Å². The first-order valence-electron chi connectivity index (χ1n) is 3.72. The van der Waals surface area contributed by atoms with E-state index in [1.165, 1.54) is 0 Å². The molecule has 0 spiro atoms. The summed E-state index contributed by atoms with van der Waals surface area (Å²) in [5.74, 6) is 0.348. The normalized spacial score (nSPS) is 10.5. The monoisotopic (exact) mass is 370 g/mol. The Balaban J connectivity index is 3.56. The van der Waals surface area contributed by atoms with E-state index in [-0.39, 0.29) is 0 Å². The first kappa shape index (κ1) is 11.5. The van der Waals surface area contributed by atoms with E-state index in [1.54, 1.807) is 0 Å². The predicted molar refractivity (Wildman–Crippen MR) is 65.6 cm³/mol. The summed E-state index contributed by atoms with van der Waals surface area (Å²) in [5.41, 5.74) is 2.90. The van der Waals surface area contributed by atoms with Gasteiger partial charge in [-0.3, -0.25) is 0 Å². The van der Waals surface area contributed by atoms with Crippen molar-refractivity contribution in [3.8, 4) is 5.75 Å². The Labute approximate surface area is 103 Å². The molecule has 0 heterocycles. The van der Waals surface area contributed by atoms with E-state index in [2.05, 4.69) is 47.8 Å². The molecular formula is C9H9Br3O. The van der Waals surface area contributed by atoms with Crippen LogP contribution in [0, 0.1) is 13.8 Å². The second-order valence-electron chi connectivity index (χ2n) is 2.84. The number of rotatable bonds is 1. The molecule has 0 aliphatic carbocycles. The van der Waals surface area contributed by atoms with Crippen LogP contribution in [0.4, 0.5) is 0 Å². The lowest BCUT2D eigenvalue weighted by atomic mass is 10.1. The van der Waals surface area contributed by atoms with E-state index < -0.39 is 0 Å². The fraction of sp³-hybridized carbons (Fsp3) is 0.333. The molecule has 1 aromatic carbocycles. The van der Waals surface area contributed by atoms with Crippen LogP contribution in [-0.2, 0) is 5.33 Å². The van der Waals surface area contributed by atoms with Gasteiger partial charge >= 0.3 is 0 Å². The van der Waals surface area contributed by atoms with Crippen molar-refractivity contribution in [3.63, 3.8) is 0 Å². The molecule has 0 atom stereocenters. The van der Waals surface area contributed by atoms with Gasteiger partial charge in [-0.05, 0) is 19.4 Å². The third kappa shape index (κ3) is 1.95. The van der Waals surface area contributed by atoms with Gasteiger partial charge in [0.15, 0.2) is 0 Å². The smallest absolute Gasteiger partial charge is 0.124 e. The Bertz CT molecular complexity index is 318. The Morgan fingerprint density at radius 3 is 2.08 bits per heavy atom. The molecule has 0 radical (unpaired) electrons. The van der Waals surface area contributed by atoms with Crippen LogP contribution in [0.15, 0.2) is 8.95 Å². The largest absolute Gasteiger partial charge is 0.507 e. The van der Waals surface area contributed by atoms with Crippen molar-refractivity contribution in [2.24, 2.45) is 0 Å². The maximum absolute atomic E-state index is 9.79. The number of benzene rings is 1. The minimum atomic E-state index is 0.348. The highest BCUT2D eigenvalue weighted by Crippen LogP contribution is 2.39. The van der Waals surface area contributed by atoms with E-state index in [9.17, 15) is 5.11 Å². The van der Waals surface area contributed by atoms with Crippen LogP contribution < -0.4 is 0 Å². The first-order valence-corrected chi connectivity index (χ1v) is 6.43. The SMILES string of the molecule is Cc1c(O)c(CBr)c(Br)c(C)c1Br. The van der Waals surface area contributed by atoms with Crippen LogP contribution in [-0.4, -0.2) is 5.11 Å². The number of phenols is 1. The topological polar surface area (TPSA) is 20.2 Å². The van der Waals surface area contributed by atoms with E-state index in [1.807, 2.05) is 13.8 Å². The molecular weight excluding hydrogens is 364 g/mol. The zero-order chi connectivity index (χ0) is 10.2. The van der Waals surface area contributed by atoms with Crippen molar-refractivity contribution < 1.29 is 5.11 Å². The maximum atomic E-state index is 9.79. The van der Waals surface area contributed by atoms with Crippen molar-refractivity contribution in [1.29, 1.82) is 0 Å². The predicted octanol–water partition coefficient (Wildman–Crippen LogP) is 4.43. The number of phenolic OH excluding ortho intramolecular Hbond substituents is 1. The minimum Gasteiger partial charge on any atom is -0.507 e. The Hall–Kier alpha value is 0.460. The molecule has 4 heteroatoms. The van der Waals surface area contributed by atoms with Gasteiger partial charge in [0.05, 0.1) is 0 Å². The standard InChI is InChI=1S/C9H9Br3O/c1-4-7(11)5(2)9(13)6(3-10)8(4)12/h13H,3H2,1-2H3. The summed E-state index contributed by atoms with van der Waals surface area (Å²) in [4.78, 5) is 0. The zero-order valence-electron chi connectivity index (χ0n) is 7.29. The second kappa shape index (κ2) is 4.32. The second-order valence-corrected chi connectivity index (χ2v) is 4.99. The van der Waals surface area contributed by atoms with Gasteiger partial charge in [-0.2, -0.15) is 0 Å². The van der Waals surface area contributed by atoms with E-state index in [4.69, 9.17) is 0 Å². The fourth-order valence-electron chi connectivity index (χ4n) is 1.16. The lowest BCUT2D eigenvalue weighted by Gasteiger charge is -2.12. The van der Waals surface area contributed by atoms with Gasteiger partial charge in [0.1, 0.15) is 5.75 Å². The number of aromatic hydroxyl groups is 1. The third-order valence-corrected chi connectivity index (χ3v) is 4.85. The minimum absolute atomic E-state index is 0.348. The lowest BCUT2D eigenvalue weighted by Crippen LogP contribution is -1.92. The van der Waals surface area contributed by atoms with Gasteiger partial charge in [0.25, 0.3) is 0 Å². The molecule has 0 aliphatic rings. The van der Waals surface area contributed by atoms with Crippen molar-refractivity contribution in [3.05, 3.63) is 25.6 Å². The van der Waals surface area contributed by atoms with E-state index in [0.717, 1.165) is 25.6 Å². The Morgan fingerprint density at radius 1 is 1.08 bits per heavy atom. The summed E-state index contributed by atoms with van der Waals surface area (Å²) in [6, 6.07) is 0. The van der Waals surface area contributed by atoms with Crippen molar-refractivity contribution >= 4 is 47.8 Å². The first-order chi connectivity index (χ1) is 6.00. The molecule has 1 nitrogen and oxygen atoms in total. The number of halogens is 3. The molecule has 1 rings (SSSR count). The van der Waals surface area contributed by atoms with Crippen molar-refractivity contribution in [2.75, 3.05) is 0 Å². The summed E-state index contributed by atoms with van der Waals surface area (Å²) in [6.45, 7) is 3.90. The highest BCUT2D eigenvalue weighted by atomic mass is 79.9. The fourth-order valence-corrected chi connectivity index (χ4v) is 3.26. The highest BCUT2D eigenvalue weighted by molar-refractivity contribution is 9.11. The lowest BCUT2D eigenvalue weighted by molar-refractivity contribution is 0.465. The molecule has 0 aromatic heterocycles.